The minimum atomic E-state index is -3.66. The van der Waals surface area contributed by atoms with Gasteiger partial charge in [-0.2, -0.15) is 8.42 Å². The molecule has 3 rings (SSSR count). The monoisotopic (exact) mass is 433 g/mol. The number of carbonyl (C=O) groups excluding carboxylic acids is 1. The van der Waals surface area contributed by atoms with Gasteiger partial charge in [-0.15, -0.1) is 0 Å². The van der Waals surface area contributed by atoms with Crippen molar-refractivity contribution in [3.05, 3.63) is 41.9 Å². The Balaban J connectivity index is 1.93. The molecule has 2 unspecified atom stereocenters. The summed E-state index contributed by atoms with van der Waals surface area (Å²) in [6.45, 7) is 4.13. The summed E-state index contributed by atoms with van der Waals surface area (Å²) in [4.78, 5) is 25.0. The normalized spacial score (nSPS) is 19.1. The summed E-state index contributed by atoms with van der Waals surface area (Å²) in [6.07, 6.45) is 5.35. The van der Waals surface area contributed by atoms with Gasteiger partial charge in [0.05, 0.1) is 25.3 Å². The molecule has 2 amide bonds. The first-order valence-corrected chi connectivity index (χ1v) is 11.1. The molecule has 30 heavy (non-hydrogen) atoms. The topological polar surface area (TPSA) is 132 Å². The van der Waals surface area contributed by atoms with Crippen molar-refractivity contribution in [3.8, 4) is 0 Å². The van der Waals surface area contributed by atoms with Crippen LogP contribution in [-0.4, -0.2) is 55.4 Å². The summed E-state index contributed by atoms with van der Waals surface area (Å²) in [5.74, 6) is 0.429. The maximum absolute atomic E-state index is 11.7. The summed E-state index contributed by atoms with van der Waals surface area (Å²) in [7, 11) is -2.21. The lowest BCUT2D eigenvalue weighted by Crippen LogP contribution is -2.29. The maximum atomic E-state index is 11.7. The third kappa shape index (κ3) is 5.10. The van der Waals surface area contributed by atoms with E-state index in [4.69, 9.17) is 8.92 Å². The zero-order valence-corrected chi connectivity index (χ0v) is 17.9. The fraction of sp³-hybridized carbons (Fsp3) is 0.368. The standard InChI is InChI=1S/C19H23N5O5S/c1-5-20-19(25)24-16-7-6-13-18(23-16)22-14(10-21-13)12-8-11(2)17(15(9-12)28-3)29-30(4,26)27/h6-11,17H,5H2,1-4H3,(H2,20,22,23,24,25). The highest BCUT2D eigenvalue weighted by Crippen LogP contribution is 2.31. The number of fused-ring (bicyclic) bond motifs is 1. The van der Waals surface area contributed by atoms with Gasteiger partial charge in [-0.3, -0.25) is 14.5 Å². The van der Waals surface area contributed by atoms with Crippen LogP contribution in [0.1, 0.15) is 19.5 Å². The molecule has 0 aromatic carbocycles. The van der Waals surface area contributed by atoms with Gasteiger partial charge in [0.2, 0.25) is 0 Å². The second-order valence-corrected chi connectivity index (χ2v) is 8.33. The highest BCUT2D eigenvalue weighted by atomic mass is 32.2. The van der Waals surface area contributed by atoms with Crippen molar-refractivity contribution in [1.82, 2.24) is 20.3 Å². The Kier molecular flexibility index (Phi) is 6.32. The molecular weight excluding hydrogens is 410 g/mol. The quantitative estimate of drug-likeness (QED) is 0.662. The molecule has 11 heteroatoms. The molecule has 0 aliphatic heterocycles. The Morgan fingerprint density at radius 1 is 1.27 bits per heavy atom. The van der Waals surface area contributed by atoms with Crippen LogP contribution in [0, 0.1) is 5.92 Å². The average Bonchev–Trinajstić information content (AvgIpc) is 2.68. The zero-order valence-electron chi connectivity index (χ0n) is 17.0. The van der Waals surface area contributed by atoms with Crippen molar-refractivity contribution in [2.75, 3.05) is 25.2 Å². The lowest BCUT2D eigenvalue weighted by molar-refractivity contribution is 0.126. The van der Waals surface area contributed by atoms with Crippen LogP contribution in [0.2, 0.25) is 0 Å². The van der Waals surface area contributed by atoms with Crippen LogP contribution < -0.4 is 10.6 Å². The van der Waals surface area contributed by atoms with Gasteiger partial charge in [0.25, 0.3) is 10.1 Å². The molecule has 2 N–H and O–H groups in total. The molecule has 2 aromatic rings. The molecule has 0 bridgehead atoms. The number of anilines is 1. The number of nitrogens with zero attached hydrogens (tertiary/aromatic N) is 3. The molecule has 2 aromatic heterocycles. The van der Waals surface area contributed by atoms with Crippen molar-refractivity contribution < 1.29 is 22.1 Å². The molecule has 1 aliphatic rings. The van der Waals surface area contributed by atoms with E-state index in [1.807, 2.05) is 19.9 Å². The molecule has 0 saturated carbocycles. The van der Waals surface area contributed by atoms with Crippen LogP contribution in [0.3, 0.4) is 0 Å². The SMILES string of the molecule is CCNC(=O)Nc1ccc2ncc(C3=CC(C)C(OS(C)(=O)=O)C(OC)=C3)nc2n1. The Bertz CT molecular complexity index is 1130. The number of pyridine rings is 1. The minimum Gasteiger partial charge on any atom is -0.498 e. The summed E-state index contributed by atoms with van der Waals surface area (Å²) in [6, 6.07) is 3.00. The number of ether oxygens (including phenoxy) is 1. The van der Waals surface area contributed by atoms with E-state index in [0.717, 1.165) is 6.26 Å². The van der Waals surface area contributed by atoms with E-state index in [-0.39, 0.29) is 11.9 Å². The van der Waals surface area contributed by atoms with Crippen molar-refractivity contribution in [1.29, 1.82) is 0 Å². The summed E-state index contributed by atoms with van der Waals surface area (Å²) in [5.41, 5.74) is 2.16. The fourth-order valence-electron chi connectivity index (χ4n) is 3.00. The Labute approximate surface area is 174 Å². The number of amides is 2. The van der Waals surface area contributed by atoms with E-state index < -0.39 is 16.2 Å². The Morgan fingerprint density at radius 3 is 2.70 bits per heavy atom. The van der Waals surface area contributed by atoms with Crippen LogP contribution in [0.4, 0.5) is 10.6 Å². The predicted octanol–water partition coefficient (Wildman–Crippen LogP) is 2.07. The molecule has 0 radical (unpaired) electrons. The number of methoxy groups -OCH3 is 1. The lowest BCUT2D eigenvalue weighted by Gasteiger charge is -2.27. The van der Waals surface area contributed by atoms with Crippen LogP contribution in [0.15, 0.2) is 36.2 Å². The number of hydrogen-bond donors (Lipinski definition) is 2. The molecule has 2 atom stereocenters. The van der Waals surface area contributed by atoms with Crippen molar-refractivity contribution >= 4 is 38.7 Å². The molecule has 0 spiro atoms. The number of rotatable bonds is 6. The first-order valence-electron chi connectivity index (χ1n) is 9.25. The summed E-state index contributed by atoms with van der Waals surface area (Å²) in [5, 5.41) is 5.27. The van der Waals surface area contributed by atoms with E-state index >= 15 is 0 Å². The Hall–Kier alpha value is -3.05. The summed E-state index contributed by atoms with van der Waals surface area (Å²) >= 11 is 0. The second-order valence-electron chi connectivity index (χ2n) is 6.73. The highest BCUT2D eigenvalue weighted by molar-refractivity contribution is 7.86. The van der Waals surface area contributed by atoms with Gasteiger partial charge in [-0.1, -0.05) is 13.0 Å². The zero-order chi connectivity index (χ0) is 21.9. The molecule has 2 heterocycles. The molecule has 0 fully saturated rings. The van der Waals surface area contributed by atoms with Crippen LogP contribution >= 0.6 is 0 Å². The number of aromatic nitrogens is 3. The first kappa shape index (κ1) is 21.7. The molecule has 0 saturated heterocycles. The maximum Gasteiger partial charge on any atom is 0.320 e. The van der Waals surface area contributed by atoms with Gasteiger partial charge < -0.3 is 10.1 Å². The van der Waals surface area contributed by atoms with Crippen molar-refractivity contribution in [3.63, 3.8) is 0 Å². The molecular formula is C19H23N5O5S. The van der Waals surface area contributed by atoms with Crippen LogP contribution in [-0.2, 0) is 19.0 Å². The van der Waals surface area contributed by atoms with E-state index in [1.165, 1.54) is 7.11 Å². The van der Waals surface area contributed by atoms with Gasteiger partial charge in [0.1, 0.15) is 23.2 Å². The van der Waals surface area contributed by atoms with Gasteiger partial charge in [0.15, 0.2) is 5.65 Å². The number of hydrogen-bond acceptors (Lipinski definition) is 8. The van der Waals surface area contributed by atoms with Crippen LogP contribution in [0.5, 0.6) is 0 Å². The number of allylic oxidation sites excluding steroid dienone is 2. The number of nitrogens with one attached hydrogen (secondary N) is 2. The third-order valence-electron chi connectivity index (χ3n) is 4.29. The largest absolute Gasteiger partial charge is 0.498 e. The number of urea groups is 1. The van der Waals surface area contributed by atoms with E-state index in [0.29, 0.717) is 40.6 Å². The summed E-state index contributed by atoms with van der Waals surface area (Å²) < 4.78 is 33.6. The van der Waals surface area contributed by atoms with Gasteiger partial charge >= 0.3 is 6.03 Å². The van der Waals surface area contributed by atoms with Crippen molar-refractivity contribution in [2.24, 2.45) is 5.92 Å². The molecule has 1 aliphatic carbocycles. The van der Waals surface area contributed by atoms with Gasteiger partial charge in [-0.05, 0) is 25.1 Å². The fourth-order valence-corrected chi connectivity index (χ4v) is 3.65. The highest BCUT2D eigenvalue weighted by Gasteiger charge is 2.30. The Morgan fingerprint density at radius 2 is 2.03 bits per heavy atom. The second kappa shape index (κ2) is 8.76. The minimum absolute atomic E-state index is 0.286. The molecule has 10 nitrogen and oxygen atoms in total. The van der Waals surface area contributed by atoms with E-state index in [1.54, 1.807) is 24.4 Å². The van der Waals surface area contributed by atoms with E-state index in [2.05, 4.69) is 25.6 Å². The predicted molar refractivity (Wildman–Crippen MR) is 112 cm³/mol. The first-order chi connectivity index (χ1) is 14.2. The van der Waals surface area contributed by atoms with Crippen LogP contribution in [0.25, 0.3) is 16.7 Å². The third-order valence-corrected chi connectivity index (χ3v) is 4.85. The van der Waals surface area contributed by atoms with Gasteiger partial charge in [-0.25, -0.2) is 14.8 Å². The number of carbonyl (C=O) groups is 1. The van der Waals surface area contributed by atoms with E-state index in [9.17, 15) is 13.2 Å². The average molecular weight is 433 g/mol. The molecule has 160 valence electrons. The van der Waals surface area contributed by atoms with Gasteiger partial charge in [0, 0.05) is 18.0 Å². The smallest absolute Gasteiger partial charge is 0.320 e. The lowest BCUT2D eigenvalue weighted by atomic mass is 9.92. The van der Waals surface area contributed by atoms with Crippen molar-refractivity contribution in [2.45, 2.75) is 20.0 Å².